The summed E-state index contributed by atoms with van der Waals surface area (Å²) in [6.07, 6.45) is 7.84. The van der Waals surface area contributed by atoms with Crippen molar-refractivity contribution < 1.29 is 9.53 Å². The second kappa shape index (κ2) is 6.24. The lowest BCUT2D eigenvalue weighted by Gasteiger charge is -2.27. The minimum atomic E-state index is -0.494. The predicted molar refractivity (Wildman–Crippen MR) is 65.0 cm³/mol. The second-order valence-electron chi connectivity index (χ2n) is 5.14. The van der Waals surface area contributed by atoms with Gasteiger partial charge in [-0.2, -0.15) is 0 Å². The van der Waals surface area contributed by atoms with E-state index in [0.29, 0.717) is 6.54 Å². The molecule has 94 valence electrons. The number of rotatable bonds is 4. The van der Waals surface area contributed by atoms with Gasteiger partial charge in [-0.05, 0) is 39.0 Å². The van der Waals surface area contributed by atoms with Crippen molar-refractivity contribution in [3.63, 3.8) is 0 Å². The fourth-order valence-corrected chi connectivity index (χ4v) is 2.03. The number of carbonyl (C=O) groups excluding carboxylic acids is 1. The Balaban J connectivity index is 2.48. The van der Waals surface area contributed by atoms with Gasteiger partial charge in [0.15, 0.2) is 0 Å². The van der Waals surface area contributed by atoms with Crippen molar-refractivity contribution in [1.82, 2.24) is 0 Å². The fraction of sp³-hybridized carbons (Fsp3) is 0.923. The Bertz CT molecular complexity index is 216. The van der Waals surface area contributed by atoms with E-state index in [9.17, 15) is 4.79 Å². The Labute approximate surface area is 98.7 Å². The lowest BCUT2D eigenvalue weighted by Crippen LogP contribution is -2.38. The molecule has 1 rings (SSSR count). The number of hydrogen-bond donors (Lipinski definition) is 1. The quantitative estimate of drug-likeness (QED) is 0.593. The third kappa shape index (κ3) is 3.48. The number of ether oxygens (including phenoxy) is 1. The zero-order valence-corrected chi connectivity index (χ0v) is 10.6. The summed E-state index contributed by atoms with van der Waals surface area (Å²) in [7, 11) is 0. The Morgan fingerprint density at radius 3 is 2.31 bits per heavy atom. The highest BCUT2D eigenvalue weighted by atomic mass is 16.5. The van der Waals surface area contributed by atoms with Gasteiger partial charge in [0.05, 0.1) is 5.41 Å². The summed E-state index contributed by atoms with van der Waals surface area (Å²) in [5, 5.41) is 0. The second-order valence-corrected chi connectivity index (χ2v) is 5.14. The molecule has 0 spiro atoms. The van der Waals surface area contributed by atoms with Gasteiger partial charge in [0.25, 0.3) is 0 Å². The molecule has 0 aromatic heterocycles. The monoisotopic (exact) mass is 227 g/mol. The Hall–Kier alpha value is -0.570. The van der Waals surface area contributed by atoms with E-state index in [0.717, 1.165) is 19.3 Å². The van der Waals surface area contributed by atoms with E-state index in [2.05, 4.69) is 0 Å². The van der Waals surface area contributed by atoms with Crippen molar-refractivity contribution in [2.45, 2.75) is 64.9 Å². The lowest BCUT2D eigenvalue weighted by atomic mass is 9.88. The molecule has 1 saturated carbocycles. The van der Waals surface area contributed by atoms with Gasteiger partial charge in [-0.1, -0.05) is 19.8 Å². The molecular formula is C13H25NO2. The van der Waals surface area contributed by atoms with E-state index in [1.807, 2.05) is 13.8 Å². The Morgan fingerprint density at radius 2 is 1.88 bits per heavy atom. The summed E-state index contributed by atoms with van der Waals surface area (Å²) in [6, 6.07) is 0. The number of nitrogens with two attached hydrogens (primary N) is 1. The molecule has 16 heavy (non-hydrogen) atoms. The van der Waals surface area contributed by atoms with Crippen LogP contribution in [-0.2, 0) is 9.53 Å². The molecule has 1 atom stereocenters. The predicted octanol–water partition coefficient (Wildman–Crippen LogP) is 2.63. The largest absolute Gasteiger partial charge is 0.462 e. The van der Waals surface area contributed by atoms with Gasteiger partial charge in [-0.3, -0.25) is 4.79 Å². The smallest absolute Gasteiger partial charge is 0.313 e. The highest BCUT2D eigenvalue weighted by Crippen LogP contribution is 2.26. The van der Waals surface area contributed by atoms with Crippen molar-refractivity contribution in [2.24, 2.45) is 11.1 Å². The van der Waals surface area contributed by atoms with Gasteiger partial charge in [0.2, 0.25) is 0 Å². The number of carbonyl (C=O) groups is 1. The highest BCUT2D eigenvalue weighted by Gasteiger charge is 2.33. The minimum absolute atomic E-state index is 0.107. The zero-order chi connectivity index (χ0) is 12.0. The molecule has 1 aliphatic carbocycles. The maximum atomic E-state index is 12.0. The van der Waals surface area contributed by atoms with E-state index in [4.69, 9.17) is 10.5 Å². The SMILES string of the molecule is CCC(C)(CN)C(=O)OC1CCCCCC1. The van der Waals surface area contributed by atoms with Gasteiger partial charge in [0, 0.05) is 6.54 Å². The molecule has 0 aromatic carbocycles. The Kier molecular flexibility index (Phi) is 5.26. The molecule has 0 saturated heterocycles. The first-order chi connectivity index (χ1) is 7.62. The molecule has 0 aromatic rings. The molecule has 1 aliphatic rings. The fourth-order valence-electron chi connectivity index (χ4n) is 2.03. The molecule has 0 heterocycles. The van der Waals surface area contributed by atoms with Crippen LogP contribution in [0.15, 0.2) is 0 Å². The van der Waals surface area contributed by atoms with Crippen LogP contribution >= 0.6 is 0 Å². The van der Waals surface area contributed by atoms with Gasteiger partial charge < -0.3 is 10.5 Å². The summed E-state index contributed by atoms with van der Waals surface area (Å²) in [4.78, 5) is 12.0. The molecule has 0 radical (unpaired) electrons. The summed E-state index contributed by atoms with van der Waals surface area (Å²) < 4.78 is 5.60. The third-order valence-electron chi connectivity index (χ3n) is 3.80. The average molecular weight is 227 g/mol. The van der Waals surface area contributed by atoms with Crippen LogP contribution in [0.4, 0.5) is 0 Å². The first-order valence-corrected chi connectivity index (χ1v) is 6.53. The molecule has 0 bridgehead atoms. The molecule has 1 fully saturated rings. The molecular weight excluding hydrogens is 202 g/mol. The third-order valence-corrected chi connectivity index (χ3v) is 3.80. The topological polar surface area (TPSA) is 52.3 Å². The first kappa shape index (κ1) is 13.5. The van der Waals surface area contributed by atoms with Gasteiger partial charge in [0.1, 0.15) is 6.10 Å². The molecule has 3 nitrogen and oxygen atoms in total. The first-order valence-electron chi connectivity index (χ1n) is 6.53. The van der Waals surface area contributed by atoms with Crippen LogP contribution in [0.25, 0.3) is 0 Å². The van der Waals surface area contributed by atoms with Crippen molar-refractivity contribution in [2.75, 3.05) is 6.54 Å². The van der Waals surface area contributed by atoms with Crippen LogP contribution in [0, 0.1) is 5.41 Å². The van der Waals surface area contributed by atoms with Crippen molar-refractivity contribution in [1.29, 1.82) is 0 Å². The average Bonchev–Trinajstić information content (AvgIpc) is 2.56. The van der Waals surface area contributed by atoms with Crippen molar-refractivity contribution in [3.8, 4) is 0 Å². The standard InChI is InChI=1S/C13H25NO2/c1-3-13(2,10-14)12(15)16-11-8-6-4-5-7-9-11/h11H,3-10,14H2,1-2H3. The van der Waals surface area contributed by atoms with Gasteiger partial charge in [-0.25, -0.2) is 0 Å². The van der Waals surface area contributed by atoms with Crippen LogP contribution in [0.2, 0.25) is 0 Å². The number of hydrogen-bond acceptors (Lipinski definition) is 3. The van der Waals surface area contributed by atoms with Gasteiger partial charge >= 0.3 is 5.97 Å². The summed E-state index contributed by atoms with van der Waals surface area (Å²) >= 11 is 0. The summed E-state index contributed by atoms with van der Waals surface area (Å²) in [5.74, 6) is -0.107. The lowest BCUT2D eigenvalue weighted by molar-refractivity contribution is -0.160. The van der Waals surface area contributed by atoms with Crippen LogP contribution in [0.3, 0.4) is 0 Å². The van der Waals surface area contributed by atoms with E-state index in [1.165, 1.54) is 25.7 Å². The molecule has 0 aliphatic heterocycles. The number of esters is 1. The van der Waals surface area contributed by atoms with E-state index < -0.39 is 5.41 Å². The molecule has 1 unspecified atom stereocenters. The Morgan fingerprint density at radius 1 is 1.31 bits per heavy atom. The van der Waals surface area contributed by atoms with Crippen molar-refractivity contribution >= 4 is 5.97 Å². The van der Waals surface area contributed by atoms with Gasteiger partial charge in [-0.15, -0.1) is 0 Å². The normalized spacial score (nSPS) is 22.2. The maximum Gasteiger partial charge on any atom is 0.313 e. The molecule has 0 amide bonds. The summed E-state index contributed by atoms with van der Waals surface area (Å²) in [6.45, 7) is 4.25. The minimum Gasteiger partial charge on any atom is -0.462 e. The molecule has 2 N–H and O–H groups in total. The van der Waals surface area contributed by atoms with E-state index >= 15 is 0 Å². The van der Waals surface area contributed by atoms with Crippen LogP contribution in [-0.4, -0.2) is 18.6 Å². The maximum absolute atomic E-state index is 12.0. The van der Waals surface area contributed by atoms with Crippen LogP contribution in [0.1, 0.15) is 58.8 Å². The van der Waals surface area contributed by atoms with Crippen LogP contribution < -0.4 is 5.73 Å². The zero-order valence-electron chi connectivity index (χ0n) is 10.6. The molecule has 3 heteroatoms. The highest BCUT2D eigenvalue weighted by molar-refractivity contribution is 5.76. The summed E-state index contributed by atoms with van der Waals surface area (Å²) in [5.41, 5.74) is 5.16. The van der Waals surface area contributed by atoms with E-state index in [-0.39, 0.29) is 12.1 Å². The van der Waals surface area contributed by atoms with Crippen molar-refractivity contribution in [3.05, 3.63) is 0 Å². The van der Waals surface area contributed by atoms with Crippen LogP contribution in [0.5, 0.6) is 0 Å². The van der Waals surface area contributed by atoms with E-state index in [1.54, 1.807) is 0 Å².